The van der Waals surface area contributed by atoms with Gasteiger partial charge in [0, 0.05) is 21.2 Å². The van der Waals surface area contributed by atoms with E-state index in [0.717, 1.165) is 16.3 Å². The molecule has 1 amide bonds. The summed E-state index contributed by atoms with van der Waals surface area (Å²) in [7, 11) is -3.64. The molecule has 3 rings (SSSR count). The van der Waals surface area contributed by atoms with Gasteiger partial charge in [-0.15, -0.1) is 10.2 Å². The van der Waals surface area contributed by atoms with E-state index >= 15 is 0 Å². The van der Waals surface area contributed by atoms with Crippen molar-refractivity contribution in [2.45, 2.75) is 17.8 Å². The number of halogens is 2. The van der Waals surface area contributed by atoms with Crippen LogP contribution in [0.15, 0.2) is 46.8 Å². The molecule has 1 heterocycles. The summed E-state index contributed by atoms with van der Waals surface area (Å²) in [4.78, 5) is 12.5. The fourth-order valence-electron chi connectivity index (χ4n) is 2.62. The number of nitrogens with zero attached hydrogens (tertiary/aromatic N) is 3. The molecule has 0 aliphatic rings. The Morgan fingerprint density at radius 2 is 1.77 bits per heavy atom. The monoisotopic (exact) mass is 516 g/mol. The second-order valence-corrected chi connectivity index (χ2v) is 11.5. The maximum Gasteiger partial charge on any atom is 0.257 e. The molecule has 1 N–H and O–H groups in total. The summed E-state index contributed by atoms with van der Waals surface area (Å²) in [5.74, 6) is 0.496. The molecular formula is C19H18Cl2N4O3S3. The van der Waals surface area contributed by atoms with Crippen molar-refractivity contribution >= 4 is 73.0 Å². The lowest BCUT2D eigenvalue weighted by atomic mass is 10.1. The molecule has 0 radical (unpaired) electrons. The van der Waals surface area contributed by atoms with Crippen LogP contribution in [0.5, 0.6) is 0 Å². The lowest BCUT2D eigenvalue weighted by molar-refractivity contribution is 0.102. The number of aromatic nitrogens is 2. The highest BCUT2D eigenvalue weighted by Gasteiger charge is 2.21. The van der Waals surface area contributed by atoms with Crippen LogP contribution in [0.3, 0.4) is 0 Å². The van der Waals surface area contributed by atoms with Crippen LogP contribution < -0.4 is 9.62 Å². The molecule has 0 atom stereocenters. The minimum atomic E-state index is -3.64. The predicted molar refractivity (Wildman–Crippen MR) is 128 cm³/mol. The van der Waals surface area contributed by atoms with Crippen molar-refractivity contribution < 1.29 is 13.2 Å². The van der Waals surface area contributed by atoms with Gasteiger partial charge in [-0.05, 0) is 42.2 Å². The Kier molecular flexibility index (Phi) is 7.82. The van der Waals surface area contributed by atoms with E-state index in [0.29, 0.717) is 32.0 Å². The number of anilines is 2. The Bertz CT molecular complexity index is 1160. The van der Waals surface area contributed by atoms with Crippen molar-refractivity contribution in [3.05, 3.63) is 63.6 Å². The highest BCUT2D eigenvalue weighted by atomic mass is 35.5. The fraction of sp³-hybridized carbons (Fsp3) is 0.211. The SMILES string of the molecule is CCSc1nnc(NC(=O)c2ccc(N(Cc3c(Cl)cccc3Cl)S(C)(=O)=O)cc2)s1. The third-order valence-corrected chi connectivity index (χ3v) is 7.78. The second kappa shape index (κ2) is 10.2. The first kappa shape index (κ1) is 23.8. The van der Waals surface area contributed by atoms with Gasteiger partial charge in [0.05, 0.1) is 18.5 Å². The predicted octanol–water partition coefficient (Wildman–Crippen LogP) is 5.18. The van der Waals surface area contributed by atoms with Gasteiger partial charge < -0.3 is 0 Å². The number of thioether (sulfide) groups is 1. The molecule has 0 unspecified atom stereocenters. The molecule has 0 fully saturated rings. The van der Waals surface area contributed by atoms with E-state index in [9.17, 15) is 13.2 Å². The topological polar surface area (TPSA) is 92.3 Å². The minimum absolute atomic E-state index is 0.0362. The molecule has 164 valence electrons. The van der Waals surface area contributed by atoms with Gasteiger partial charge in [0.15, 0.2) is 4.34 Å². The first-order valence-corrected chi connectivity index (χ1v) is 13.4. The Morgan fingerprint density at radius 1 is 1.13 bits per heavy atom. The van der Waals surface area contributed by atoms with E-state index in [1.165, 1.54) is 15.6 Å². The molecule has 3 aromatic rings. The van der Waals surface area contributed by atoms with Crippen LogP contribution in [0, 0.1) is 0 Å². The molecule has 31 heavy (non-hydrogen) atoms. The number of amides is 1. The molecule has 0 saturated heterocycles. The minimum Gasteiger partial charge on any atom is -0.296 e. The number of rotatable bonds is 8. The van der Waals surface area contributed by atoms with Crippen molar-refractivity contribution in [2.24, 2.45) is 0 Å². The van der Waals surface area contributed by atoms with Crippen LogP contribution in [0.25, 0.3) is 0 Å². The Morgan fingerprint density at radius 3 is 2.35 bits per heavy atom. The second-order valence-electron chi connectivity index (χ2n) is 6.28. The van der Waals surface area contributed by atoms with E-state index < -0.39 is 10.0 Å². The third kappa shape index (κ3) is 6.11. The van der Waals surface area contributed by atoms with Gasteiger partial charge >= 0.3 is 0 Å². The Hall–Kier alpha value is -1.85. The summed E-state index contributed by atoms with van der Waals surface area (Å²) < 4.78 is 26.8. The van der Waals surface area contributed by atoms with Crippen LogP contribution in [-0.2, 0) is 16.6 Å². The summed E-state index contributed by atoms with van der Waals surface area (Å²) in [6.07, 6.45) is 1.10. The number of hydrogen-bond donors (Lipinski definition) is 1. The van der Waals surface area contributed by atoms with Gasteiger partial charge in [-0.2, -0.15) is 0 Å². The Labute approximate surface area is 198 Å². The van der Waals surface area contributed by atoms with Crippen molar-refractivity contribution in [2.75, 3.05) is 21.6 Å². The lowest BCUT2D eigenvalue weighted by Gasteiger charge is -2.23. The van der Waals surface area contributed by atoms with Crippen LogP contribution >= 0.6 is 46.3 Å². The highest BCUT2D eigenvalue weighted by molar-refractivity contribution is 8.01. The zero-order chi connectivity index (χ0) is 22.6. The van der Waals surface area contributed by atoms with Crippen LogP contribution in [-0.4, -0.2) is 36.5 Å². The number of hydrogen-bond acceptors (Lipinski definition) is 7. The Balaban J connectivity index is 1.80. The first-order valence-electron chi connectivity index (χ1n) is 8.97. The van der Waals surface area contributed by atoms with Crippen LogP contribution in [0.4, 0.5) is 10.8 Å². The summed E-state index contributed by atoms with van der Waals surface area (Å²) in [5.41, 5.74) is 1.23. The molecule has 0 aliphatic heterocycles. The maximum absolute atomic E-state index is 12.5. The summed E-state index contributed by atoms with van der Waals surface area (Å²) in [5, 5.41) is 11.8. The van der Waals surface area contributed by atoms with Gasteiger partial charge in [-0.1, -0.05) is 59.3 Å². The molecule has 0 saturated carbocycles. The largest absolute Gasteiger partial charge is 0.296 e. The molecule has 2 aromatic carbocycles. The van der Waals surface area contributed by atoms with E-state index in [1.807, 2.05) is 6.92 Å². The van der Waals surface area contributed by atoms with E-state index in [2.05, 4.69) is 15.5 Å². The highest BCUT2D eigenvalue weighted by Crippen LogP contribution is 2.30. The maximum atomic E-state index is 12.5. The van der Waals surface area contributed by atoms with Crippen molar-refractivity contribution in [3.63, 3.8) is 0 Å². The van der Waals surface area contributed by atoms with Gasteiger partial charge in [0.25, 0.3) is 5.91 Å². The van der Waals surface area contributed by atoms with Crippen molar-refractivity contribution in [1.82, 2.24) is 10.2 Å². The average molecular weight is 517 g/mol. The third-order valence-electron chi connectivity index (χ3n) is 4.08. The van der Waals surface area contributed by atoms with Crippen molar-refractivity contribution in [3.8, 4) is 0 Å². The summed E-state index contributed by atoms with van der Waals surface area (Å²) >= 11 is 15.2. The molecular weight excluding hydrogens is 499 g/mol. The van der Waals surface area contributed by atoms with Crippen molar-refractivity contribution in [1.29, 1.82) is 0 Å². The molecule has 1 aromatic heterocycles. The molecule has 0 spiro atoms. The quantitative estimate of drug-likeness (QED) is 0.327. The van der Waals surface area contributed by atoms with Crippen LogP contribution in [0.1, 0.15) is 22.8 Å². The van der Waals surface area contributed by atoms with E-state index in [-0.39, 0.29) is 12.5 Å². The van der Waals surface area contributed by atoms with E-state index in [1.54, 1.807) is 54.2 Å². The zero-order valence-corrected chi connectivity index (χ0v) is 20.5. The molecule has 12 heteroatoms. The summed E-state index contributed by atoms with van der Waals surface area (Å²) in [6.45, 7) is 1.97. The lowest BCUT2D eigenvalue weighted by Crippen LogP contribution is -2.29. The molecule has 7 nitrogen and oxygen atoms in total. The molecule has 0 aliphatic carbocycles. The fourth-order valence-corrected chi connectivity index (χ4v) is 5.65. The average Bonchev–Trinajstić information content (AvgIpc) is 3.14. The summed E-state index contributed by atoms with van der Waals surface area (Å²) in [6, 6.07) is 11.2. The van der Waals surface area contributed by atoms with Crippen LogP contribution in [0.2, 0.25) is 10.0 Å². The first-order chi connectivity index (χ1) is 14.7. The molecule has 0 bridgehead atoms. The van der Waals surface area contributed by atoms with Gasteiger partial charge in [0.2, 0.25) is 15.2 Å². The van der Waals surface area contributed by atoms with Gasteiger partial charge in [-0.3, -0.25) is 14.4 Å². The number of carbonyl (C=O) groups is 1. The zero-order valence-electron chi connectivity index (χ0n) is 16.5. The van der Waals surface area contributed by atoms with Gasteiger partial charge in [0.1, 0.15) is 0 Å². The standard InChI is InChI=1S/C19H18Cl2N4O3S3/c1-3-29-19-24-23-18(30-19)22-17(26)12-7-9-13(10-8-12)25(31(2,27)28)11-14-15(20)5-4-6-16(14)21/h4-10H,3,11H2,1-2H3,(H,22,23,26). The number of benzene rings is 2. The van der Waals surface area contributed by atoms with Gasteiger partial charge in [-0.25, -0.2) is 8.42 Å². The normalized spacial score (nSPS) is 11.4. The number of carbonyl (C=O) groups excluding carboxylic acids is 1. The number of nitrogens with one attached hydrogen (secondary N) is 1. The number of sulfonamides is 1. The van der Waals surface area contributed by atoms with E-state index in [4.69, 9.17) is 23.2 Å². The smallest absolute Gasteiger partial charge is 0.257 e.